The molecule has 1 unspecified atom stereocenters. The Balaban J connectivity index is 2.12. The SMILES string of the molecule is OP1CCCOO1. The molecule has 0 aliphatic carbocycles. The van der Waals surface area contributed by atoms with Gasteiger partial charge in [0.1, 0.15) is 0 Å². The molecule has 1 atom stereocenters. The molecule has 0 bridgehead atoms. The summed E-state index contributed by atoms with van der Waals surface area (Å²) in [5.41, 5.74) is 0. The number of hydrogen-bond donors (Lipinski definition) is 1. The van der Waals surface area contributed by atoms with Crippen molar-refractivity contribution in [1.82, 2.24) is 0 Å². The average molecular weight is 122 g/mol. The van der Waals surface area contributed by atoms with E-state index in [1.165, 1.54) is 0 Å². The van der Waals surface area contributed by atoms with Crippen LogP contribution in [-0.4, -0.2) is 17.7 Å². The smallest absolute Gasteiger partial charge is 0.206 e. The van der Waals surface area contributed by atoms with Crippen LogP contribution in [0.15, 0.2) is 0 Å². The van der Waals surface area contributed by atoms with E-state index >= 15 is 0 Å². The third-order valence-electron chi connectivity index (χ3n) is 0.716. The highest BCUT2D eigenvalue weighted by atomic mass is 31.2. The van der Waals surface area contributed by atoms with Gasteiger partial charge in [0, 0.05) is 6.16 Å². The zero-order chi connectivity index (χ0) is 5.11. The van der Waals surface area contributed by atoms with Crippen LogP contribution in [0.3, 0.4) is 0 Å². The second kappa shape index (κ2) is 2.58. The molecule has 3 nitrogen and oxygen atoms in total. The lowest BCUT2D eigenvalue weighted by Crippen LogP contribution is -2.03. The van der Waals surface area contributed by atoms with Crippen LogP contribution < -0.4 is 0 Å². The van der Waals surface area contributed by atoms with Crippen molar-refractivity contribution in [3.8, 4) is 0 Å². The van der Waals surface area contributed by atoms with E-state index in [1.54, 1.807) is 0 Å². The first-order chi connectivity index (χ1) is 3.39. The van der Waals surface area contributed by atoms with E-state index < -0.39 is 8.38 Å². The molecule has 0 amide bonds. The molecule has 0 aromatic carbocycles. The number of rotatable bonds is 0. The van der Waals surface area contributed by atoms with Gasteiger partial charge in [0.25, 0.3) is 0 Å². The van der Waals surface area contributed by atoms with E-state index in [0.29, 0.717) is 6.61 Å². The standard InChI is InChI=1S/C3H7O3P/c4-7-3-1-2-5-6-7/h4H,1-3H2. The first kappa shape index (κ1) is 5.45. The minimum atomic E-state index is -1.21. The molecular formula is C3H7O3P. The molecule has 0 spiro atoms. The first-order valence-electron chi connectivity index (χ1n) is 2.15. The van der Waals surface area contributed by atoms with Crippen LogP contribution in [-0.2, 0) is 9.56 Å². The largest absolute Gasteiger partial charge is 0.348 e. The summed E-state index contributed by atoms with van der Waals surface area (Å²) < 4.78 is 4.40. The summed E-state index contributed by atoms with van der Waals surface area (Å²) in [6.45, 7) is 0.624. The molecule has 0 aromatic heterocycles. The molecule has 7 heavy (non-hydrogen) atoms. The predicted molar refractivity (Wildman–Crippen MR) is 25.7 cm³/mol. The van der Waals surface area contributed by atoms with Crippen LogP contribution in [0, 0.1) is 0 Å². The Kier molecular flexibility index (Phi) is 2.00. The summed E-state index contributed by atoms with van der Waals surface area (Å²) in [5, 5.41) is 0. The molecule has 1 fully saturated rings. The quantitative estimate of drug-likeness (QED) is 0.378. The van der Waals surface area contributed by atoms with Crippen molar-refractivity contribution in [2.75, 3.05) is 12.8 Å². The van der Waals surface area contributed by atoms with Crippen molar-refractivity contribution >= 4 is 8.38 Å². The summed E-state index contributed by atoms with van der Waals surface area (Å²) in [4.78, 5) is 13.1. The van der Waals surface area contributed by atoms with Crippen LogP contribution in [0.4, 0.5) is 0 Å². The van der Waals surface area contributed by atoms with E-state index in [4.69, 9.17) is 4.89 Å². The molecular weight excluding hydrogens is 115 g/mol. The lowest BCUT2D eigenvalue weighted by molar-refractivity contribution is -0.213. The molecule has 1 saturated heterocycles. The fraction of sp³-hybridized carbons (Fsp3) is 1.00. The molecule has 0 saturated carbocycles. The zero-order valence-corrected chi connectivity index (χ0v) is 4.73. The van der Waals surface area contributed by atoms with Crippen molar-refractivity contribution in [1.29, 1.82) is 0 Å². The van der Waals surface area contributed by atoms with Crippen molar-refractivity contribution in [2.45, 2.75) is 6.42 Å². The van der Waals surface area contributed by atoms with Gasteiger partial charge in [-0.05, 0) is 6.42 Å². The first-order valence-corrected chi connectivity index (χ1v) is 3.55. The Morgan fingerprint density at radius 3 is 2.71 bits per heavy atom. The van der Waals surface area contributed by atoms with Gasteiger partial charge in [0.2, 0.25) is 8.38 Å². The van der Waals surface area contributed by atoms with Crippen molar-refractivity contribution in [2.24, 2.45) is 0 Å². The Hall–Kier alpha value is 0.310. The third kappa shape index (κ3) is 1.70. The lowest BCUT2D eigenvalue weighted by atomic mass is 10.5. The van der Waals surface area contributed by atoms with Gasteiger partial charge in [0.15, 0.2) is 0 Å². The van der Waals surface area contributed by atoms with Crippen LogP contribution in [0.5, 0.6) is 0 Å². The average Bonchev–Trinajstić information content (AvgIpc) is 1.69. The summed E-state index contributed by atoms with van der Waals surface area (Å²) in [7, 11) is -1.21. The third-order valence-corrected chi connectivity index (χ3v) is 1.69. The second-order valence-corrected chi connectivity index (χ2v) is 2.63. The maximum Gasteiger partial charge on any atom is 0.206 e. The van der Waals surface area contributed by atoms with Gasteiger partial charge in [-0.25, -0.2) is 4.89 Å². The normalized spacial score (nSPS) is 33.0. The van der Waals surface area contributed by atoms with E-state index in [0.717, 1.165) is 12.6 Å². The minimum absolute atomic E-state index is 0.624. The molecule has 1 heterocycles. The summed E-state index contributed by atoms with van der Waals surface area (Å²) in [6, 6.07) is 0. The van der Waals surface area contributed by atoms with Gasteiger partial charge in [0.05, 0.1) is 6.61 Å². The Labute approximate surface area is 43.1 Å². The highest BCUT2D eigenvalue weighted by Gasteiger charge is 2.10. The minimum Gasteiger partial charge on any atom is -0.348 e. The maximum atomic E-state index is 8.63. The molecule has 1 aliphatic heterocycles. The molecule has 0 aromatic rings. The number of hydrogen-bond acceptors (Lipinski definition) is 3. The monoisotopic (exact) mass is 122 g/mol. The van der Waals surface area contributed by atoms with E-state index in [2.05, 4.69) is 9.56 Å². The highest BCUT2D eigenvalue weighted by Crippen LogP contribution is 2.34. The van der Waals surface area contributed by atoms with Crippen LogP contribution >= 0.6 is 8.38 Å². The van der Waals surface area contributed by atoms with E-state index in [-0.39, 0.29) is 0 Å². The van der Waals surface area contributed by atoms with Crippen molar-refractivity contribution in [3.63, 3.8) is 0 Å². The Morgan fingerprint density at radius 2 is 2.43 bits per heavy atom. The maximum absolute atomic E-state index is 8.63. The van der Waals surface area contributed by atoms with Crippen LogP contribution in [0.1, 0.15) is 6.42 Å². The molecule has 1 aliphatic rings. The molecule has 1 N–H and O–H groups in total. The van der Waals surface area contributed by atoms with Crippen LogP contribution in [0.2, 0.25) is 0 Å². The highest BCUT2D eigenvalue weighted by molar-refractivity contribution is 7.46. The van der Waals surface area contributed by atoms with Crippen molar-refractivity contribution in [3.05, 3.63) is 0 Å². The van der Waals surface area contributed by atoms with Gasteiger partial charge >= 0.3 is 0 Å². The summed E-state index contributed by atoms with van der Waals surface area (Å²) in [6.07, 6.45) is 1.68. The Bertz CT molecular complexity index is 52.1. The van der Waals surface area contributed by atoms with Gasteiger partial charge in [-0.15, -0.1) is 0 Å². The molecule has 1 rings (SSSR count). The fourth-order valence-corrected chi connectivity index (χ4v) is 1.06. The van der Waals surface area contributed by atoms with Crippen molar-refractivity contribution < 1.29 is 14.5 Å². The topological polar surface area (TPSA) is 38.7 Å². The predicted octanol–water partition coefficient (Wildman–Crippen LogP) is 0.642. The zero-order valence-electron chi connectivity index (χ0n) is 3.83. The Morgan fingerprint density at radius 1 is 1.57 bits per heavy atom. The lowest BCUT2D eigenvalue weighted by Gasteiger charge is -2.13. The van der Waals surface area contributed by atoms with E-state index in [1.807, 2.05) is 0 Å². The van der Waals surface area contributed by atoms with E-state index in [9.17, 15) is 0 Å². The fourth-order valence-electron chi connectivity index (χ4n) is 0.394. The van der Waals surface area contributed by atoms with Gasteiger partial charge in [-0.3, -0.25) is 0 Å². The van der Waals surface area contributed by atoms with Crippen LogP contribution in [0.25, 0.3) is 0 Å². The molecule has 42 valence electrons. The summed E-state index contributed by atoms with van der Waals surface area (Å²) >= 11 is 0. The summed E-state index contributed by atoms with van der Waals surface area (Å²) in [5.74, 6) is 0. The van der Waals surface area contributed by atoms with Gasteiger partial charge in [-0.2, -0.15) is 4.67 Å². The molecule has 4 heteroatoms. The molecule has 0 radical (unpaired) electrons. The van der Waals surface area contributed by atoms with Gasteiger partial charge < -0.3 is 4.89 Å². The van der Waals surface area contributed by atoms with Gasteiger partial charge in [-0.1, -0.05) is 0 Å². The second-order valence-electron chi connectivity index (χ2n) is 1.33.